The highest BCUT2D eigenvalue weighted by molar-refractivity contribution is 6.42. The van der Waals surface area contributed by atoms with Gasteiger partial charge in [0.2, 0.25) is 0 Å². The van der Waals surface area contributed by atoms with E-state index in [9.17, 15) is 9.90 Å². The number of aromatic nitrogens is 2. The summed E-state index contributed by atoms with van der Waals surface area (Å²) in [5.74, 6) is -1.31. The van der Waals surface area contributed by atoms with Gasteiger partial charge < -0.3 is 9.90 Å². The van der Waals surface area contributed by atoms with E-state index in [0.29, 0.717) is 15.7 Å². The van der Waals surface area contributed by atoms with Gasteiger partial charge in [-0.2, -0.15) is 0 Å². The van der Waals surface area contributed by atoms with E-state index in [-0.39, 0.29) is 12.2 Å². The Kier molecular flexibility index (Phi) is 4.56. The van der Waals surface area contributed by atoms with Crippen molar-refractivity contribution in [2.24, 2.45) is 4.99 Å². The average Bonchev–Trinajstić information content (AvgIpc) is 3.02. The van der Waals surface area contributed by atoms with E-state index in [1.807, 2.05) is 42.5 Å². The molecule has 1 aliphatic heterocycles. The van der Waals surface area contributed by atoms with Crippen LogP contribution in [0.15, 0.2) is 59.9 Å². The highest BCUT2D eigenvalue weighted by Gasteiger charge is 2.19. The summed E-state index contributed by atoms with van der Waals surface area (Å²) in [6.45, 7) is 0.180. The first kappa shape index (κ1) is 17.5. The summed E-state index contributed by atoms with van der Waals surface area (Å²) in [6, 6.07) is 13.0. The van der Waals surface area contributed by atoms with Crippen LogP contribution in [0.4, 0.5) is 0 Å². The molecule has 134 valence electrons. The monoisotopic (exact) mass is 396 g/mol. The number of rotatable bonds is 3. The van der Waals surface area contributed by atoms with Crippen molar-refractivity contribution in [3.05, 3.63) is 87.4 Å². The van der Waals surface area contributed by atoms with Crippen molar-refractivity contribution >= 4 is 41.0 Å². The number of allylic oxidation sites excluding steroid dienone is 1. The van der Waals surface area contributed by atoms with Crippen LogP contribution in [0.25, 0.3) is 11.8 Å². The molecule has 0 bridgehead atoms. The number of carbonyl (C=O) groups excluding carboxylic acids is 1. The molecule has 5 nitrogen and oxygen atoms in total. The van der Waals surface area contributed by atoms with E-state index in [0.717, 1.165) is 22.5 Å². The second-order valence-electron chi connectivity index (χ2n) is 5.92. The molecular weight excluding hydrogens is 385 g/mol. The lowest BCUT2D eigenvalue weighted by molar-refractivity contribution is -0.255. The van der Waals surface area contributed by atoms with Crippen molar-refractivity contribution in [2.45, 2.75) is 6.54 Å². The number of imidazole rings is 1. The number of hydrogen-bond acceptors (Lipinski definition) is 4. The molecule has 0 atom stereocenters. The van der Waals surface area contributed by atoms with Gasteiger partial charge in [0.1, 0.15) is 12.0 Å². The fourth-order valence-electron chi connectivity index (χ4n) is 2.98. The largest absolute Gasteiger partial charge is 0.543 e. The minimum Gasteiger partial charge on any atom is -0.543 e. The highest BCUT2D eigenvalue weighted by Crippen LogP contribution is 2.26. The third kappa shape index (κ3) is 3.27. The fourth-order valence-corrected chi connectivity index (χ4v) is 3.29. The number of carboxylic acid groups (broad SMARTS) is 1. The Morgan fingerprint density at radius 1 is 1.11 bits per heavy atom. The minimum absolute atomic E-state index is 0.0942. The van der Waals surface area contributed by atoms with Gasteiger partial charge in [-0.1, -0.05) is 53.5 Å². The number of carboxylic acids is 1. The molecule has 7 heteroatoms. The normalized spacial score (nSPS) is 13.0. The first-order chi connectivity index (χ1) is 13.0. The average molecular weight is 397 g/mol. The van der Waals surface area contributed by atoms with E-state index in [2.05, 4.69) is 9.98 Å². The summed E-state index contributed by atoms with van der Waals surface area (Å²) < 4.78 is 1.74. The molecule has 2 heterocycles. The van der Waals surface area contributed by atoms with Crippen molar-refractivity contribution in [2.75, 3.05) is 0 Å². The van der Waals surface area contributed by atoms with Gasteiger partial charge in [-0.05, 0) is 29.8 Å². The lowest BCUT2D eigenvalue weighted by Crippen LogP contribution is -2.24. The second-order valence-corrected chi connectivity index (χ2v) is 6.74. The van der Waals surface area contributed by atoms with Gasteiger partial charge in [0, 0.05) is 5.56 Å². The number of halogens is 2. The summed E-state index contributed by atoms with van der Waals surface area (Å²) in [5.41, 5.74) is 3.68. The third-order valence-electron chi connectivity index (χ3n) is 4.28. The van der Waals surface area contributed by atoms with Crippen LogP contribution in [0, 0.1) is 0 Å². The first-order valence-electron chi connectivity index (χ1n) is 8.09. The van der Waals surface area contributed by atoms with E-state index < -0.39 is 5.97 Å². The molecule has 0 saturated heterocycles. The van der Waals surface area contributed by atoms with Gasteiger partial charge in [-0.15, -0.1) is 0 Å². The van der Waals surface area contributed by atoms with Gasteiger partial charge in [0.05, 0.1) is 39.7 Å². The van der Waals surface area contributed by atoms with Gasteiger partial charge >= 0.3 is 0 Å². The summed E-state index contributed by atoms with van der Waals surface area (Å²) >= 11 is 12.0. The molecule has 0 spiro atoms. The van der Waals surface area contributed by atoms with E-state index in [4.69, 9.17) is 23.2 Å². The molecule has 4 rings (SSSR count). The SMILES string of the molecule is O=C([O-])c1ncn2c1CN=C(/C=C/c1ccc(Cl)c(Cl)c1)c1ccccc1-2. The number of nitrogens with zero attached hydrogens (tertiary/aromatic N) is 3. The van der Waals surface area contributed by atoms with Crippen LogP contribution >= 0.6 is 23.2 Å². The molecule has 0 N–H and O–H groups in total. The van der Waals surface area contributed by atoms with Gasteiger partial charge in [-0.3, -0.25) is 9.56 Å². The molecule has 0 radical (unpaired) electrons. The molecule has 0 amide bonds. The van der Waals surface area contributed by atoms with E-state index >= 15 is 0 Å². The van der Waals surface area contributed by atoms with Crippen LogP contribution in [-0.2, 0) is 6.54 Å². The Bertz CT molecular complexity index is 1120. The highest BCUT2D eigenvalue weighted by atomic mass is 35.5. The number of para-hydroxylation sites is 1. The predicted molar refractivity (Wildman–Crippen MR) is 104 cm³/mol. The number of aliphatic imine (C=N–C) groups is 1. The van der Waals surface area contributed by atoms with Crippen LogP contribution in [0.1, 0.15) is 27.3 Å². The predicted octanol–water partition coefficient (Wildman–Crippen LogP) is 3.56. The molecule has 3 aromatic rings. The topological polar surface area (TPSA) is 70.3 Å². The summed E-state index contributed by atoms with van der Waals surface area (Å²) in [7, 11) is 0. The van der Waals surface area contributed by atoms with Crippen molar-refractivity contribution in [1.29, 1.82) is 0 Å². The van der Waals surface area contributed by atoms with Gasteiger partial charge in [0.15, 0.2) is 0 Å². The van der Waals surface area contributed by atoms with E-state index in [1.54, 1.807) is 16.7 Å². The second kappa shape index (κ2) is 7.02. The maximum absolute atomic E-state index is 11.3. The number of hydrogen-bond donors (Lipinski definition) is 0. The fraction of sp³-hybridized carbons (Fsp3) is 0.0500. The smallest absolute Gasteiger partial charge is 0.109 e. The molecule has 1 aliphatic rings. The zero-order valence-corrected chi connectivity index (χ0v) is 15.4. The van der Waals surface area contributed by atoms with Gasteiger partial charge in [-0.25, -0.2) is 4.98 Å². The zero-order chi connectivity index (χ0) is 19.0. The molecule has 0 unspecified atom stereocenters. The minimum atomic E-state index is -1.31. The Balaban J connectivity index is 1.78. The van der Waals surface area contributed by atoms with Crippen LogP contribution in [0.3, 0.4) is 0 Å². The standard InChI is InChI=1S/C20H13Cl2N3O2/c21-14-7-5-12(9-15(14)22)6-8-16-13-3-1-2-4-17(13)25-11-24-19(20(26)27)18(25)10-23-16/h1-9,11H,10H2,(H,26,27)/p-1/b8-6+. The van der Waals surface area contributed by atoms with Gasteiger partial charge in [0.25, 0.3) is 0 Å². The molecular formula is C20H12Cl2N3O2-. The Morgan fingerprint density at radius 3 is 2.70 bits per heavy atom. The maximum atomic E-state index is 11.3. The lowest BCUT2D eigenvalue weighted by atomic mass is 10.1. The van der Waals surface area contributed by atoms with E-state index in [1.165, 1.54) is 6.33 Å². The number of carbonyl (C=O) groups is 1. The molecule has 0 fully saturated rings. The summed E-state index contributed by atoms with van der Waals surface area (Å²) in [4.78, 5) is 19.9. The van der Waals surface area contributed by atoms with Crippen molar-refractivity contribution in [3.8, 4) is 5.69 Å². The number of fused-ring (bicyclic) bond motifs is 3. The first-order valence-corrected chi connectivity index (χ1v) is 8.85. The van der Waals surface area contributed by atoms with Crippen LogP contribution in [0.5, 0.6) is 0 Å². The summed E-state index contributed by atoms with van der Waals surface area (Å²) in [6.07, 6.45) is 5.24. The number of benzene rings is 2. The number of aromatic carboxylic acids is 1. The molecule has 0 aliphatic carbocycles. The third-order valence-corrected chi connectivity index (χ3v) is 5.01. The van der Waals surface area contributed by atoms with Crippen molar-refractivity contribution in [1.82, 2.24) is 9.55 Å². The van der Waals surface area contributed by atoms with Crippen molar-refractivity contribution < 1.29 is 9.90 Å². The Hall–Kier alpha value is -2.89. The maximum Gasteiger partial charge on any atom is 0.109 e. The molecule has 0 saturated carbocycles. The molecule has 27 heavy (non-hydrogen) atoms. The molecule has 1 aromatic heterocycles. The van der Waals surface area contributed by atoms with Crippen LogP contribution in [0.2, 0.25) is 10.0 Å². The lowest BCUT2D eigenvalue weighted by Gasteiger charge is -2.09. The zero-order valence-electron chi connectivity index (χ0n) is 13.9. The summed E-state index contributed by atoms with van der Waals surface area (Å²) in [5, 5.41) is 12.3. The quantitative estimate of drug-likeness (QED) is 0.679. The van der Waals surface area contributed by atoms with Crippen LogP contribution in [-0.4, -0.2) is 21.2 Å². The van der Waals surface area contributed by atoms with Crippen molar-refractivity contribution in [3.63, 3.8) is 0 Å². The van der Waals surface area contributed by atoms with Crippen LogP contribution < -0.4 is 5.11 Å². The Morgan fingerprint density at radius 2 is 1.93 bits per heavy atom. The molecule has 2 aromatic carbocycles. The Labute approximate surface area is 165 Å².